The largest absolute Gasteiger partial charge is 0.379 e. The van der Waals surface area contributed by atoms with Crippen LogP contribution in [0, 0.1) is 5.92 Å². The van der Waals surface area contributed by atoms with Crippen molar-refractivity contribution in [3.8, 4) is 0 Å². The first-order valence-electron chi connectivity index (χ1n) is 9.43. The minimum absolute atomic E-state index is 0.129. The van der Waals surface area contributed by atoms with E-state index in [1.54, 1.807) is 0 Å². The fourth-order valence-electron chi connectivity index (χ4n) is 4.01. The van der Waals surface area contributed by atoms with E-state index >= 15 is 0 Å². The first kappa shape index (κ1) is 20.6. The van der Waals surface area contributed by atoms with Crippen LogP contribution in [-0.2, 0) is 19.6 Å². The van der Waals surface area contributed by atoms with Gasteiger partial charge in [-0.3, -0.25) is 9.69 Å². The lowest BCUT2D eigenvalue weighted by Gasteiger charge is -2.42. The number of piperidine rings is 1. The number of morpholine rings is 1. The molecule has 0 aromatic rings. The number of ether oxygens (including phenoxy) is 1. The quantitative estimate of drug-likeness (QED) is 0.707. The molecule has 8 heteroatoms. The summed E-state index contributed by atoms with van der Waals surface area (Å²) in [5.41, 5.74) is 0. The Balaban J connectivity index is 2.11. The minimum atomic E-state index is -3.25. The van der Waals surface area contributed by atoms with Crippen LogP contribution in [-0.4, -0.2) is 81.9 Å². The first-order valence-corrected chi connectivity index (χ1v) is 11.3. The zero-order valence-electron chi connectivity index (χ0n) is 15.7. The van der Waals surface area contributed by atoms with Gasteiger partial charge >= 0.3 is 0 Å². The molecule has 0 radical (unpaired) electrons. The average Bonchev–Trinajstić information content (AvgIpc) is 2.58. The van der Waals surface area contributed by atoms with Crippen LogP contribution in [0.3, 0.4) is 0 Å². The molecule has 7 nitrogen and oxygen atoms in total. The van der Waals surface area contributed by atoms with Gasteiger partial charge in [0, 0.05) is 32.2 Å². The summed E-state index contributed by atoms with van der Waals surface area (Å²) < 4.78 is 31.2. The Labute approximate surface area is 152 Å². The monoisotopic (exact) mass is 375 g/mol. The molecule has 2 atom stereocenters. The topological polar surface area (TPSA) is 79.0 Å². The third-order valence-electron chi connectivity index (χ3n) is 5.30. The third-order valence-corrected chi connectivity index (χ3v) is 6.06. The van der Waals surface area contributed by atoms with E-state index in [2.05, 4.69) is 23.5 Å². The van der Waals surface area contributed by atoms with Crippen LogP contribution in [0.15, 0.2) is 0 Å². The molecule has 2 fully saturated rings. The molecule has 0 bridgehead atoms. The van der Waals surface area contributed by atoms with Crippen LogP contribution in [0.25, 0.3) is 0 Å². The van der Waals surface area contributed by atoms with E-state index in [-0.39, 0.29) is 18.0 Å². The van der Waals surface area contributed by atoms with Crippen molar-refractivity contribution in [1.29, 1.82) is 0 Å². The highest BCUT2D eigenvalue weighted by Crippen LogP contribution is 2.24. The number of nitrogens with one attached hydrogen (secondary N) is 1. The Bertz CT molecular complexity index is 530. The Morgan fingerprint density at radius 2 is 1.84 bits per heavy atom. The van der Waals surface area contributed by atoms with Gasteiger partial charge in [0.15, 0.2) is 0 Å². The Morgan fingerprint density at radius 3 is 2.40 bits per heavy atom. The van der Waals surface area contributed by atoms with Crippen LogP contribution in [0.1, 0.15) is 39.5 Å². The number of carbonyl (C=O) groups excluding carboxylic acids is 1. The second kappa shape index (κ2) is 9.30. The zero-order chi connectivity index (χ0) is 18.4. The van der Waals surface area contributed by atoms with Gasteiger partial charge in [0.2, 0.25) is 15.9 Å². The summed E-state index contributed by atoms with van der Waals surface area (Å²) in [6, 6.07) is -0.310. The number of likely N-dealkylation sites (tertiary alicyclic amines) is 1. The van der Waals surface area contributed by atoms with E-state index in [9.17, 15) is 13.2 Å². The lowest BCUT2D eigenvalue weighted by Crippen LogP contribution is -2.58. The molecule has 2 rings (SSSR count). The summed E-state index contributed by atoms with van der Waals surface area (Å²) in [4.78, 5) is 17.5. The van der Waals surface area contributed by atoms with E-state index < -0.39 is 10.0 Å². The maximum Gasteiger partial charge on any atom is 0.240 e. The van der Waals surface area contributed by atoms with Gasteiger partial charge in [-0.25, -0.2) is 13.1 Å². The smallest absolute Gasteiger partial charge is 0.240 e. The fraction of sp³-hybridized carbons (Fsp3) is 0.941. The van der Waals surface area contributed by atoms with Crippen LogP contribution < -0.4 is 4.72 Å². The molecule has 2 aliphatic heterocycles. The molecule has 0 aromatic carbocycles. The molecule has 2 unspecified atom stereocenters. The normalized spacial score (nSPS) is 24.5. The highest BCUT2D eigenvalue weighted by molar-refractivity contribution is 7.88. The second-order valence-electron chi connectivity index (χ2n) is 7.18. The van der Waals surface area contributed by atoms with Crippen molar-refractivity contribution in [2.75, 3.05) is 45.6 Å². The molecule has 2 aliphatic rings. The summed E-state index contributed by atoms with van der Waals surface area (Å²) in [6.45, 7) is 8.36. The van der Waals surface area contributed by atoms with Crippen molar-refractivity contribution in [2.45, 2.75) is 51.6 Å². The Kier molecular flexibility index (Phi) is 7.67. The van der Waals surface area contributed by atoms with Gasteiger partial charge in [0.25, 0.3) is 0 Å². The molecule has 0 saturated carbocycles. The second-order valence-corrected chi connectivity index (χ2v) is 8.96. The lowest BCUT2D eigenvalue weighted by molar-refractivity contribution is -0.142. The Morgan fingerprint density at radius 1 is 1.20 bits per heavy atom. The van der Waals surface area contributed by atoms with Gasteiger partial charge in [-0.1, -0.05) is 26.7 Å². The zero-order valence-corrected chi connectivity index (χ0v) is 16.6. The highest BCUT2D eigenvalue weighted by atomic mass is 32.2. The van der Waals surface area contributed by atoms with Crippen LogP contribution in [0.2, 0.25) is 0 Å². The van der Waals surface area contributed by atoms with Crippen molar-refractivity contribution in [2.24, 2.45) is 5.92 Å². The SMILES string of the molecule is CCC(CC)C(C(=O)N1CCCC(NS(C)(=O)=O)C1)N1CCOCC1. The molecule has 146 valence electrons. The van der Waals surface area contributed by atoms with Crippen molar-refractivity contribution in [3.05, 3.63) is 0 Å². The molecule has 1 N–H and O–H groups in total. The van der Waals surface area contributed by atoms with E-state index in [0.29, 0.717) is 32.2 Å². The molecule has 0 aliphatic carbocycles. The van der Waals surface area contributed by atoms with Crippen LogP contribution >= 0.6 is 0 Å². The average molecular weight is 376 g/mol. The Hall–Kier alpha value is -0.700. The maximum atomic E-state index is 13.3. The molecular weight excluding hydrogens is 342 g/mol. The van der Waals surface area contributed by atoms with Gasteiger partial charge in [-0.05, 0) is 18.8 Å². The molecule has 0 aromatic heterocycles. The summed E-state index contributed by atoms with van der Waals surface area (Å²) in [5, 5.41) is 0. The van der Waals surface area contributed by atoms with Crippen LogP contribution in [0.5, 0.6) is 0 Å². The standard InChI is InChI=1S/C17H33N3O4S/c1-4-14(5-2)16(19-9-11-24-12-10-19)17(21)20-8-6-7-15(13-20)18-25(3,22)23/h14-16,18H,4-13H2,1-3H3. The molecule has 1 amide bonds. The summed E-state index contributed by atoms with van der Waals surface area (Å²) in [7, 11) is -3.25. The molecule has 2 heterocycles. The van der Waals surface area contributed by atoms with E-state index in [0.717, 1.165) is 38.8 Å². The molecule has 2 saturated heterocycles. The number of hydrogen-bond acceptors (Lipinski definition) is 5. The summed E-state index contributed by atoms with van der Waals surface area (Å²) in [6.07, 6.45) is 4.71. The first-order chi connectivity index (χ1) is 11.9. The molecule has 0 spiro atoms. The number of sulfonamides is 1. The van der Waals surface area contributed by atoms with Crippen molar-refractivity contribution < 1.29 is 17.9 Å². The minimum Gasteiger partial charge on any atom is -0.379 e. The predicted molar refractivity (Wildman–Crippen MR) is 97.8 cm³/mol. The van der Waals surface area contributed by atoms with Gasteiger partial charge in [0.05, 0.1) is 25.5 Å². The van der Waals surface area contributed by atoms with Gasteiger partial charge in [-0.2, -0.15) is 0 Å². The van der Waals surface area contributed by atoms with Gasteiger partial charge in [0.1, 0.15) is 0 Å². The predicted octanol–water partition coefficient (Wildman–Crippen LogP) is 0.664. The van der Waals surface area contributed by atoms with Crippen molar-refractivity contribution in [3.63, 3.8) is 0 Å². The molecule has 25 heavy (non-hydrogen) atoms. The number of rotatable bonds is 7. The number of nitrogens with zero attached hydrogens (tertiary/aromatic N) is 2. The summed E-state index contributed by atoms with van der Waals surface area (Å²) >= 11 is 0. The van der Waals surface area contributed by atoms with E-state index in [1.165, 1.54) is 6.26 Å². The van der Waals surface area contributed by atoms with Crippen molar-refractivity contribution in [1.82, 2.24) is 14.5 Å². The summed E-state index contributed by atoms with van der Waals surface area (Å²) in [5.74, 6) is 0.462. The molecular formula is C17H33N3O4S. The lowest BCUT2D eigenvalue weighted by atomic mass is 9.90. The fourth-order valence-corrected chi connectivity index (χ4v) is 4.81. The third kappa shape index (κ3) is 5.91. The highest BCUT2D eigenvalue weighted by Gasteiger charge is 2.37. The van der Waals surface area contributed by atoms with E-state index in [1.807, 2.05) is 4.90 Å². The van der Waals surface area contributed by atoms with Gasteiger partial charge in [-0.15, -0.1) is 0 Å². The van der Waals surface area contributed by atoms with Gasteiger partial charge < -0.3 is 9.64 Å². The van der Waals surface area contributed by atoms with E-state index in [4.69, 9.17) is 4.74 Å². The maximum absolute atomic E-state index is 13.3. The number of carbonyl (C=O) groups is 1. The van der Waals surface area contributed by atoms with Crippen molar-refractivity contribution >= 4 is 15.9 Å². The number of hydrogen-bond donors (Lipinski definition) is 1. The number of amides is 1. The van der Waals surface area contributed by atoms with Crippen LogP contribution in [0.4, 0.5) is 0 Å².